The van der Waals surface area contributed by atoms with E-state index in [0.29, 0.717) is 11.3 Å². The molecule has 1 heterocycles. The summed E-state index contributed by atoms with van der Waals surface area (Å²) in [7, 11) is -3.58. The maximum atomic E-state index is 12.2. The summed E-state index contributed by atoms with van der Waals surface area (Å²) in [6.07, 6.45) is 0. The van der Waals surface area contributed by atoms with E-state index in [4.69, 9.17) is 5.11 Å². The molecule has 4 nitrogen and oxygen atoms in total. The summed E-state index contributed by atoms with van der Waals surface area (Å²) in [4.78, 5) is 0. The monoisotopic (exact) mass is 297 g/mol. The molecule has 1 aromatic heterocycles. The zero-order valence-electron chi connectivity index (χ0n) is 10.7. The number of sulfonamides is 1. The molecule has 1 aromatic carbocycles. The Labute approximate surface area is 116 Å². The van der Waals surface area contributed by atoms with Crippen LogP contribution in [0.2, 0.25) is 0 Å². The van der Waals surface area contributed by atoms with Gasteiger partial charge in [-0.25, -0.2) is 8.42 Å². The number of aliphatic hydroxyl groups excluding tert-OH is 1. The third-order valence-electron chi connectivity index (χ3n) is 2.70. The highest BCUT2D eigenvalue weighted by Crippen LogP contribution is 2.25. The van der Waals surface area contributed by atoms with E-state index in [0.717, 1.165) is 22.5 Å². The summed E-state index contributed by atoms with van der Waals surface area (Å²) in [5.74, 6) is 0. The lowest BCUT2D eigenvalue weighted by Gasteiger charge is -2.09. The number of rotatable bonds is 4. The molecule has 0 radical (unpaired) electrons. The Balaban J connectivity index is 2.30. The van der Waals surface area contributed by atoms with Crippen molar-refractivity contribution in [3.05, 3.63) is 46.3 Å². The van der Waals surface area contributed by atoms with E-state index in [9.17, 15) is 8.42 Å². The zero-order chi connectivity index (χ0) is 14.0. The maximum Gasteiger partial charge on any atom is 0.271 e. The Kier molecular flexibility index (Phi) is 3.93. The van der Waals surface area contributed by atoms with Crippen LogP contribution in [-0.4, -0.2) is 13.5 Å². The average molecular weight is 297 g/mol. The van der Waals surface area contributed by atoms with Crippen LogP contribution in [0.4, 0.5) is 5.69 Å². The molecule has 0 aliphatic heterocycles. The van der Waals surface area contributed by atoms with Gasteiger partial charge in [0.1, 0.15) is 4.21 Å². The van der Waals surface area contributed by atoms with Gasteiger partial charge >= 0.3 is 0 Å². The summed E-state index contributed by atoms with van der Waals surface area (Å²) in [5.41, 5.74) is 3.14. The van der Waals surface area contributed by atoms with Gasteiger partial charge in [-0.1, -0.05) is 17.7 Å². The zero-order valence-corrected chi connectivity index (χ0v) is 12.3. The number of benzene rings is 1. The Morgan fingerprint density at radius 3 is 2.58 bits per heavy atom. The van der Waals surface area contributed by atoms with Crippen LogP contribution >= 0.6 is 11.3 Å². The van der Waals surface area contributed by atoms with Gasteiger partial charge in [0, 0.05) is 0 Å². The number of aliphatic hydroxyl groups is 1. The highest BCUT2D eigenvalue weighted by atomic mass is 32.2. The van der Waals surface area contributed by atoms with Gasteiger partial charge in [0.25, 0.3) is 10.0 Å². The standard InChI is InChI=1S/C13H15NO3S2/c1-9-3-4-12(10(2)5-9)14-19(16,17)13-6-11(7-15)8-18-13/h3-6,8,14-15H,7H2,1-2H3. The summed E-state index contributed by atoms with van der Waals surface area (Å²) >= 11 is 1.10. The Hall–Kier alpha value is -1.37. The van der Waals surface area contributed by atoms with Crippen molar-refractivity contribution in [3.8, 4) is 0 Å². The van der Waals surface area contributed by atoms with Crippen molar-refractivity contribution in [2.45, 2.75) is 24.7 Å². The molecular weight excluding hydrogens is 282 g/mol. The van der Waals surface area contributed by atoms with Crippen molar-refractivity contribution in [2.24, 2.45) is 0 Å². The molecule has 2 rings (SSSR count). The average Bonchev–Trinajstić information content (AvgIpc) is 2.82. The van der Waals surface area contributed by atoms with Crippen LogP contribution < -0.4 is 4.72 Å². The molecule has 0 aliphatic rings. The fourth-order valence-electron chi connectivity index (χ4n) is 1.70. The second kappa shape index (κ2) is 5.32. The van der Waals surface area contributed by atoms with Gasteiger partial charge in [0.15, 0.2) is 0 Å². The van der Waals surface area contributed by atoms with Crippen molar-refractivity contribution in [1.29, 1.82) is 0 Å². The number of aryl methyl sites for hydroxylation is 2. The van der Waals surface area contributed by atoms with Crippen LogP contribution in [0, 0.1) is 13.8 Å². The lowest BCUT2D eigenvalue weighted by atomic mass is 10.1. The number of hydrogen-bond acceptors (Lipinski definition) is 4. The molecule has 0 atom stereocenters. The number of nitrogens with one attached hydrogen (secondary N) is 1. The smallest absolute Gasteiger partial charge is 0.271 e. The quantitative estimate of drug-likeness (QED) is 0.911. The molecule has 102 valence electrons. The highest BCUT2D eigenvalue weighted by Gasteiger charge is 2.17. The second-order valence-electron chi connectivity index (χ2n) is 4.36. The maximum absolute atomic E-state index is 12.2. The van der Waals surface area contributed by atoms with Gasteiger partial charge in [-0.2, -0.15) is 0 Å². The molecule has 0 saturated heterocycles. The third kappa shape index (κ3) is 3.15. The minimum atomic E-state index is -3.58. The highest BCUT2D eigenvalue weighted by molar-refractivity contribution is 7.94. The van der Waals surface area contributed by atoms with Crippen LogP contribution in [0.5, 0.6) is 0 Å². The van der Waals surface area contributed by atoms with Crippen LogP contribution in [0.25, 0.3) is 0 Å². The molecule has 0 unspecified atom stereocenters. The van der Waals surface area contributed by atoms with Gasteiger partial charge in [0.05, 0.1) is 12.3 Å². The van der Waals surface area contributed by atoms with Gasteiger partial charge < -0.3 is 5.11 Å². The fraction of sp³-hybridized carbons (Fsp3) is 0.231. The van der Waals surface area contributed by atoms with Crippen molar-refractivity contribution >= 4 is 27.0 Å². The summed E-state index contributed by atoms with van der Waals surface area (Å²) in [5, 5.41) is 10.6. The lowest BCUT2D eigenvalue weighted by Crippen LogP contribution is -2.12. The van der Waals surface area contributed by atoms with Gasteiger partial charge in [-0.15, -0.1) is 11.3 Å². The molecular formula is C13H15NO3S2. The predicted octanol–water partition coefficient (Wildman–Crippen LogP) is 2.66. The van der Waals surface area contributed by atoms with Crippen LogP contribution in [0.15, 0.2) is 33.9 Å². The Bertz CT molecular complexity index is 690. The lowest BCUT2D eigenvalue weighted by molar-refractivity contribution is 0.282. The Morgan fingerprint density at radius 2 is 2.00 bits per heavy atom. The summed E-state index contributed by atoms with van der Waals surface area (Å²) in [6.45, 7) is 3.66. The van der Waals surface area contributed by atoms with E-state index in [1.807, 2.05) is 26.0 Å². The minimum absolute atomic E-state index is 0.157. The fourth-order valence-corrected chi connectivity index (χ4v) is 4.03. The molecule has 0 spiro atoms. The van der Waals surface area contributed by atoms with Gasteiger partial charge in [-0.05, 0) is 42.5 Å². The summed E-state index contributed by atoms with van der Waals surface area (Å²) < 4.78 is 27.1. The molecule has 19 heavy (non-hydrogen) atoms. The number of hydrogen-bond donors (Lipinski definition) is 2. The number of anilines is 1. The van der Waals surface area contributed by atoms with Crippen LogP contribution in [0.1, 0.15) is 16.7 Å². The topological polar surface area (TPSA) is 66.4 Å². The second-order valence-corrected chi connectivity index (χ2v) is 7.18. The molecule has 2 N–H and O–H groups in total. The first kappa shape index (κ1) is 14.0. The van der Waals surface area contributed by atoms with E-state index in [-0.39, 0.29) is 10.8 Å². The molecule has 2 aromatic rings. The molecule has 0 amide bonds. The van der Waals surface area contributed by atoms with Crippen molar-refractivity contribution in [2.75, 3.05) is 4.72 Å². The molecule has 0 aliphatic carbocycles. The first-order valence-electron chi connectivity index (χ1n) is 5.71. The van der Waals surface area contributed by atoms with Gasteiger partial charge in [0.2, 0.25) is 0 Å². The van der Waals surface area contributed by atoms with Gasteiger partial charge in [-0.3, -0.25) is 4.72 Å². The van der Waals surface area contributed by atoms with E-state index in [1.165, 1.54) is 6.07 Å². The van der Waals surface area contributed by atoms with E-state index in [1.54, 1.807) is 11.4 Å². The minimum Gasteiger partial charge on any atom is -0.392 e. The van der Waals surface area contributed by atoms with E-state index in [2.05, 4.69) is 4.72 Å². The predicted molar refractivity (Wildman–Crippen MR) is 77.0 cm³/mol. The van der Waals surface area contributed by atoms with Crippen LogP contribution in [-0.2, 0) is 16.6 Å². The van der Waals surface area contributed by atoms with Crippen molar-refractivity contribution in [1.82, 2.24) is 0 Å². The largest absolute Gasteiger partial charge is 0.392 e. The molecule has 0 fully saturated rings. The third-order valence-corrected chi connectivity index (χ3v) is 5.56. The molecule has 6 heteroatoms. The van der Waals surface area contributed by atoms with Crippen molar-refractivity contribution < 1.29 is 13.5 Å². The van der Waals surface area contributed by atoms with Crippen molar-refractivity contribution in [3.63, 3.8) is 0 Å². The first-order valence-corrected chi connectivity index (χ1v) is 8.07. The van der Waals surface area contributed by atoms with Crippen LogP contribution in [0.3, 0.4) is 0 Å². The van der Waals surface area contributed by atoms with E-state index < -0.39 is 10.0 Å². The number of thiophene rings is 1. The Morgan fingerprint density at radius 1 is 1.26 bits per heavy atom. The normalized spacial score (nSPS) is 11.5. The first-order chi connectivity index (χ1) is 8.92. The summed E-state index contributed by atoms with van der Waals surface area (Å²) in [6, 6.07) is 7.02. The van der Waals surface area contributed by atoms with E-state index >= 15 is 0 Å². The molecule has 0 bridgehead atoms. The SMILES string of the molecule is Cc1ccc(NS(=O)(=O)c2cc(CO)cs2)c(C)c1. The molecule has 0 saturated carbocycles.